The van der Waals surface area contributed by atoms with Crippen molar-refractivity contribution < 1.29 is 27.5 Å². The molecule has 0 aliphatic carbocycles. The standard InChI is InChI=1S/C18H16F3N5O3/c1-9-7-10(2)26-17(22-9)24-14(25-26)16(28)29-11(3)15(27)23-13-6-4-5-12(8-13)18(19,20)21/h4-8,11H,1-3H3,(H,23,27). The van der Waals surface area contributed by atoms with E-state index in [9.17, 15) is 22.8 Å². The van der Waals surface area contributed by atoms with Gasteiger partial charge in [-0.1, -0.05) is 6.07 Å². The molecule has 0 aliphatic heterocycles. The number of carbonyl (C=O) groups is 2. The Morgan fingerprint density at radius 2 is 1.90 bits per heavy atom. The fourth-order valence-corrected chi connectivity index (χ4v) is 2.54. The molecule has 8 nitrogen and oxygen atoms in total. The van der Waals surface area contributed by atoms with Crippen molar-refractivity contribution in [3.63, 3.8) is 0 Å². The first-order valence-electron chi connectivity index (χ1n) is 8.45. The molecule has 0 aliphatic rings. The van der Waals surface area contributed by atoms with Gasteiger partial charge in [0, 0.05) is 17.1 Å². The predicted octanol–water partition coefficient (Wildman–Crippen LogP) is 2.94. The van der Waals surface area contributed by atoms with Gasteiger partial charge in [-0.15, -0.1) is 5.10 Å². The number of nitrogens with one attached hydrogen (secondary N) is 1. The predicted molar refractivity (Wildman–Crippen MR) is 95.2 cm³/mol. The van der Waals surface area contributed by atoms with Crippen LogP contribution in [0.15, 0.2) is 30.3 Å². The molecule has 152 valence electrons. The first-order valence-corrected chi connectivity index (χ1v) is 8.45. The third kappa shape index (κ3) is 4.50. The molecule has 0 saturated carbocycles. The molecule has 3 aromatic rings. The smallest absolute Gasteiger partial charge is 0.416 e. The normalized spacial score (nSPS) is 12.6. The van der Waals surface area contributed by atoms with Crippen molar-refractivity contribution in [1.82, 2.24) is 19.6 Å². The Bertz CT molecular complexity index is 1090. The van der Waals surface area contributed by atoms with Gasteiger partial charge in [0.2, 0.25) is 0 Å². The number of carbonyl (C=O) groups excluding carboxylic acids is 2. The van der Waals surface area contributed by atoms with Crippen LogP contribution in [0.4, 0.5) is 18.9 Å². The first-order chi connectivity index (χ1) is 13.5. The zero-order valence-electron chi connectivity index (χ0n) is 15.6. The Kier molecular flexibility index (Phi) is 5.23. The van der Waals surface area contributed by atoms with Crippen molar-refractivity contribution in [2.24, 2.45) is 0 Å². The average molecular weight is 407 g/mol. The fourth-order valence-electron chi connectivity index (χ4n) is 2.54. The average Bonchev–Trinajstić information content (AvgIpc) is 3.05. The van der Waals surface area contributed by atoms with Crippen LogP contribution in [0.3, 0.4) is 0 Å². The second-order valence-electron chi connectivity index (χ2n) is 6.30. The molecule has 11 heteroatoms. The van der Waals surface area contributed by atoms with Crippen LogP contribution in [0.25, 0.3) is 5.78 Å². The number of benzene rings is 1. The molecule has 1 atom stereocenters. The highest BCUT2D eigenvalue weighted by Gasteiger charge is 2.31. The third-order valence-electron chi connectivity index (χ3n) is 3.91. The first kappa shape index (κ1) is 20.2. The third-order valence-corrected chi connectivity index (χ3v) is 3.91. The number of ether oxygens (including phenoxy) is 1. The van der Waals surface area contributed by atoms with Gasteiger partial charge in [0.25, 0.3) is 17.5 Å². The van der Waals surface area contributed by atoms with Crippen LogP contribution in [-0.4, -0.2) is 37.6 Å². The van der Waals surface area contributed by atoms with E-state index in [1.54, 1.807) is 19.9 Å². The molecule has 1 N–H and O–H groups in total. The summed E-state index contributed by atoms with van der Waals surface area (Å²) in [6.07, 6.45) is -5.84. The SMILES string of the molecule is Cc1cc(C)n2nc(C(=O)OC(C)C(=O)Nc3cccc(C(F)(F)F)c3)nc2n1. The van der Waals surface area contributed by atoms with Gasteiger partial charge in [0.15, 0.2) is 6.10 Å². The minimum atomic E-state index is -4.54. The van der Waals surface area contributed by atoms with Gasteiger partial charge < -0.3 is 10.1 Å². The maximum atomic E-state index is 12.8. The van der Waals surface area contributed by atoms with Crippen molar-refractivity contribution >= 4 is 23.3 Å². The Balaban J connectivity index is 1.70. The Hall–Kier alpha value is -3.50. The van der Waals surface area contributed by atoms with Gasteiger partial charge in [-0.05, 0) is 45.0 Å². The lowest BCUT2D eigenvalue weighted by Crippen LogP contribution is -2.30. The van der Waals surface area contributed by atoms with E-state index in [0.29, 0.717) is 11.4 Å². The van der Waals surface area contributed by atoms with Gasteiger partial charge in [-0.25, -0.2) is 14.3 Å². The largest absolute Gasteiger partial charge is 0.447 e. The zero-order chi connectivity index (χ0) is 21.3. The van der Waals surface area contributed by atoms with E-state index in [0.717, 1.165) is 18.2 Å². The zero-order valence-corrected chi connectivity index (χ0v) is 15.6. The number of halogens is 3. The number of esters is 1. The molecule has 0 spiro atoms. The lowest BCUT2D eigenvalue weighted by atomic mass is 10.2. The number of hydrogen-bond donors (Lipinski definition) is 1. The molecule has 2 heterocycles. The van der Waals surface area contributed by atoms with E-state index in [2.05, 4.69) is 20.4 Å². The van der Waals surface area contributed by atoms with E-state index in [4.69, 9.17) is 4.74 Å². The summed E-state index contributed by atoms with van der Waals surface area (Å²) in [4.78, 5) is 32.6. The summed E-state index contributed by atoms with van der Waals surface area (Å²) in [5.41, 5.74) is 0.409. The van der Waals surface area contributed by atoms with E-state index in [1.165, 1.54) is 17.5 Å². The maximum Gasteiger partial charge on any atom is 0.416 e. The second kappa shape index (κ2) is 7.49. The number of rotatable bonds is 4. The Labute approximate surface area is 162 Å². The van der Waals surface area contributed by atoms with Crippen LogP contribution in [-0.2, 0) is 15.7 Å². The van der Waals surface area contributed by atoms with Crippen LogP contribution in [0.5, 0.6) is 0 Å². The monoisotopic (exact) mass is 407 g/mol. The van der Waals surface area contributed by atoms with Gasteiger partial charge >= 0.3 is 12.1 Å². The number of alkyl halides is 3. The summed E-state index contributed by atoms with van der Waals surface area (Å²) in [7, 11) is 0. The van der Waals surface area contributed by atoms with E-state index < -0.39 is 29.7 Å². The summed E-state index contributed by atoms with van der Waals surface area (Å²) in [5, 5.41) is 6.28. The van der Waals surface area contributed by atoms with E-state index in [-0.39, 0.29) is 17.3 Å². The minimum absolute atomic E-state index is 0.0751. The molecule has 0 fully saturated rings. The molecule has 29 heavy (non-hydrogen) atoms. The van der Waals surface area contributed by atoms with Crippen molar-refractivity contribution in [2.45, 2.75) is 33.1 Å². The van der Waals surface area contributed by atoms with Gasteiger partial charge in [0.1, 0.15) is 0 Å². The molecule has 3 rings (SSSR count). The molecular weight excluding hydrogens is 391 g/mol. The van der Waals surface area contributed by atoms with Gasteiger partial charge in [-0.3, -0.25) is 4.79 Å². The lowest BCUT2D eigenvalue weighted by molar-refractivity contribution is -0.137. The van der Waals surface area contributed by atoms with Crippen molar-refractivity contribution in [1.29, 1.82) is 0 Å². The summed E-state index contributed by atoms with van der Waals surface area (Å²) < 4.78 is 44.7. The second-order valence-corrected chi connectivity index (χ2v) is 6.30. The molecule has 1 unspecified atom stereocenters. The number of nitrogens with zero attached hydrogens (tertiary/aromatic N) is 4. The highest BCUT2D eigenvalue weighted by Crippen LogP contribution is 2.30. The van der Waals surface area contributed by atoms with Crippen LogP contribution in [0, 0.1) is 13.8 Å². The number of hydrogen-bond acceptors (Lipinski definition) is 6. The minimum Gasteiger partial charge on any atom is -0.447 e. The number of anilines is 1. The Morgan fingerprint density at radius 1 is 1.17 bits per heavy atom. The highest BCUT2D eigenvalue weighted by atomic mass is 19.4. The summed E-state index contributed by atoms with van der Waals surface area (Å²) >= 11 is 0. The van der Waals surface area contributed by atoms with Gasteiger partial charge in [-0.2, -0.15) is 18.2 Å². The molecule has 1 amide bonds. The van der Waals surface area contributed by atoms with Crippen LogP contribution in [0.1, 0.15) is 34.5 Å². The lowest BCUT2D eigenvalue weighted by Gasteiger charge is -2.13. The van der Waals surface area contributed by atoms with Gasteiger partial charge in [0.05, 0.1) is 5.56 Å². The highest BCUT2D eigenvalue weighted by molar-refractivity contribution is 5.96. The van der Waals surface area contributed by atoms with E-state index >= 15 is 0 Å². The molecule has 1 aromatic carbocycles. The van der Waals surface area contributed by atoms with Crippen molar-refractivity contribution in [3.05, 3.63) is 53.1 Å². The number of amides is 1. The van der Waals surface area contributed by atoms with Crippen molar-refractivity contribution in [2.75, 3.05) is 5.32 Å². The van der Waals surface area contributed by atoms with Crippen LogP contribution >= 0.6 is 0 Å². The summed E-state index contributed by atoms with van der Waals surface area (Å²) in [5.74, 6) is -1.84. The molecule has 0 bridgehead atoms. The number of aromatic nitrogens is 4. The Morgan fingerprint density at radius 3 is 2.59 bits per heavy atom. The summed E-state index contributed by atoms with van der Waals surface area (Å²) in [6, 6.07) is 5.87. The topological polar surface area (TPSA) is 98.5 Å². The molecule has 2 aromatic heterocycles. The van der Waals surface area contributed by atoms with E-state index in [1.807, 2.05) is 0 Å². The maximum absolute atomic E-state index is 12.8. The number of aryl methyl sites for hydroxylation is 2. The molecule has 0 saturated heterocycles. The van der Waals surface area contributed by atoms with Crippen LogP contribution < -0.4 is 5.32 Å². The molecule has 0 radical (unpaired) electrons. The van der Waals surface area contributed by atoms with Crippen molar-refractivity contribution in [3.8, 4) is 0 Å². The van der Waals surface area contributed by atoms with Crippen LogP contribution in [0.2, 0.25) is 0 Å². The quantitative estimate of drug-likeness (QED) is 0.668. The number of fused-ring (bicyclic) bond motifs is 1. The summed E-state index contributed by atoms with van der Waals surface area (Å²) in [6.45, 7) is 4.81. The molecular formula is C18H16F3N5O3. The fraction of sp³-hybridized carbons (Fsp3) is 0.278.